The number of aromatic hydroxyl groups is 1. The van der Waals surface area contributed by atoms with Gasteiger partial charge < -0.3 is 15.2 Å². The third-order valence-electron chi connectivity index (χ3n) is 3.18. The average Bonchev–Trinajstić information content (AvgIpc) is 2.41. The van der Waals surface area contributed by atoms with Gasteiger partial charge in [-0.1, -0.05) is 29.3 Å². The van der Waals surface area contributed by atoms with Crippen LogP contribution >= 0.6 is 11.6 Å². The van der Waals surface area contributed by atoms with Gasteiger partial charge in [0.2, 0.25) is 0 Å². The van der Waals surface area contributed by atoms with Crippen LogP contribution in [0, 0.1) is 6.92 Å². The summed E-state index contributed by atoms with van der Waals surface area (Å²) in [6.07, 6.45) is 0. The number of nitrogens with one attached hydrogen (secondary N) is 1. The number of ether oxygens (including phenoxy) is 1. The maximum Gasteiger partial charge on any atom is 0.137 e. The predicted octanol–water partition coefficient (Wildman–Crippen LogP) is 4.54. The molecule has 0 heterocycles. The van der Waals surface area contributed by atoms with Crippen LogP contribution in [0.5, 0.6) is 11.5 Å². The Morgan fingerprint density at radius 3 is 2.60 bits per heavy atom. The highest BCUT2D eigenvalue weighted by atomic mass is 35.5. The van der Waals surface area contributed by atoms with E-state index in [4.69, 9.17) is 16.3 Å². The van der Waals surface area contributed by atoms with Crippen molar-refractivity contribution in [1.29, 1.82) is 0 Å². The molecular formula is C16H18ClNO2. The van der Waals surface area contributed by atoms with Crippen LogP contribution in [0.3, 0.4) is 0 Å². The van der Waals surface area contributed by atoms with Gasteiger partial charge in [0.15, 0.2) is 0 Å². The first-order valence-electron chi connectivity index (χ1n) is 6.41. The van der Waals surface area contributed by atoms with Crippen molar-refractivity contribution in [2.24, 2.45) is 0 Å². The van der Waals surface area contributed by atoms with Crippen molar-refractivity contribution in [3.63, 3.8) is 0 Å². The molecule has 0 radical (unpaired) electrons. The average molecular weight is 292 g/mol. The first kappa shape index (κ1) is 14.5. The molecule has 0 aromatic heterocycles. The second-order valence-electron chi connectivity index (χ2n) is 4.78. The Morgan fingerprint density at radius 2 is 1.95 bits per heavy atom. The maximum atomic E-state index is 9.93. The van der Waals surface area contributed by atoms with Gasteiger partial charge in [-0.2, -0.15) is 0 Å². The van der Waals surface area contributed by atoms with Gasteiger partial charge in [-0.3, -0.25) is 0 Å². The largest absolute Gasteiger partial charge is 0.508 e. The Morgan fingerprint density at radius 1 is 1.20 bits per heavy atom. The quantitative estimate of drug-likeness (QED) is 0.869. The minimum absolute atomic E-state index is 0.0284. The fourth-order valence-corrected chi connectivity index (χ4v) is 2.36. The van der Waals surface area contributed by atoms with E-state index in [0.717, 1.165) is 16.8 Å². The molecule has 0 saturated carbocycles. The summed E-state index contributed by atoms with van der Waals surface area (Å²) >= 11 is 6.10. The molecule has 0 spiro atoms. The number of benzene rings is 2. The van der Waals surface area contributed by atoms with E-state index in [0.29, 0.717) is 10.8 Å². The lowest BCUT2D eigenvalue weighted by Gasteiger charge is -2.18. The van der Waals surface area contributed by atoms with Gasteiger partial charge in [-0.05, 0) is 38.1 Å². The number of phenolic OH excluding ortho intramolecular Hbond substituents is 1. The number of hydrogen-bond acceptors (Lipinski definition) is 3. The number of halogens is 1. The molecular weight excluding hydrogens is 274 g/mol. The van der Waals surface area contributed by atoms with Crippen molar-refractivity contribution in [3.8, 4) is 11.5 Å². The molecule has 20 heavy (non-hydrogen) atoms. The van der Waals surface area contributed by atoms with Gasteiger partial charge >= 0.3 is 0 Å². The van der Waals surface area contributed by atoms with E-state index in [9.17, 15) is 5.11 Å². The standard InChI is InChI=1S/C16H18ClNO2/c1-10-4-6-15(19)13(8-10)11(2)18-12-5-7-16(20-3)14(17)9-12/h4-9,11,18-19H,1-3H3. The molecule has 0 aliphatic heterocycles. The lowest BCUT2D eigenvalue weighted by molar-refractivity contribution is 0.415. The topological polar surface area (TPSA) is 41.5 Å². The van der Waals surface area contributed by atoms with E-state index in [-0.39, 0.29) is 11.8 Å². The number of anilines is 1. The first-order chi connectivity index (χ1) is 9.51. The summed E-state index contributed by atoms with van der Waals surface area (Å²) in [5.74, 6) is 0.929. The Balaban J connectivity index is 2.21. The molecule has 4 heteroatoms. The van der Waals surface area contributed by atoms with E-state index in [1.54, 1.807) is 13.2 Å². The maximum absolute atomic E-state index is 9.93. The third-order valence-corrected chi connectivity index (χ3v) is 3.48. The van der Waals surface area contributed by atoms with Gasteiger partial charge in [0.05, 0.1) is 18.2 Å². The molecule has 2 N–H and O–H groups in total. The van der Waals surface area contributed by atoms with Crippen LogP contribution in [0.2, 0.25) is 5.02 Å². The van der Waals surface area contributed by atoms with Crippen molar-refractivity contribution < 1.29 is 9.84 Å². The van der Waals surface area contributed by atoms with Gasteiger partial charge in [0, 0.05) is 11.3 Å². The molecule has 2 rings (SSSR count). The van der Waals surface area contributed by atoms with Crippen molar-refractivity contribution in [2.45, 2.75) is 19.9 Å². The number of hydrogen-bond donors (Lipinski definition) is 2. The SMILES string of the molecule is COc1ccc(NC(C)c2cc(C)ccc2O)cc1Cl. The first-order valence-corrected chi connectivity index (χ1v) is 6.78. The third kappa shape index (κ3) is 3.17. The highest BCUT2D eigenvalue weighted by molar-refractivity contribution is 6.32. The van der Waals surface area contributed by atoms with Crippen LogP contribution in [0.15, 0.2) is 36.4 Å². The zero-order chi connectivity index (χ0) is 14.7. The zero-order valence-corrected chi connectivity index (χ0v) is 12.5. The molecule has 1 unspecified atom stereocenters. The van der Waals surface area contributed by atoms with Crippen molar-refractivity contribution >= 4 is 17.3 Å². The van der Waals surface area contributed by atoms with Gasteiger partial charge in [0.1, 0.15) is 11.5 Å². The lowest BCUT2D eigenvalue weighted by atomic mass is 10.0. The van der Waals surface area contributed by atoms with Gasteiger partial charge in [-0.25, -0.2) is 0 Å². The predicted molar refractivity (Wildman–Crippen MR) is 82.9 cm³/mol. The van der Waals surface area contributed by atoms with Crippen LogP contribution < -0.4 is 10.1 Å². The van der Waals surface area contributed by atoms with E-state index >= 15 is 0 Å². The van der Waals surface area contributed by atoms with E-state index < -0.39 is 0 Å². The molecule has 1 atom stereocenters. The van der Waals surface area contributed by atoms with Crippen LogP contribution in [-0.2, 0) is 0 Å². The van der Waals surface area contributed by atoms with Gasteiger partial charge in [0.25, 0.3) is 0 Å². The van der Waals surface area contributed by atoms with E-state index in [1.807, 2.05) is 44.2 Å². The fourth-order valence-electron chi connectivity index (χ4n) is 2.10. The molecule has 0 amide bonds. The molecule has 0 saturated heterocycles. The second kappa shape index (κ2) is 6.06. The second-order valence-corrected chi connectivity index (χ2v) is 5.18. The molecule has 0 fully saturated rings. The Labute approximate surface area is 124 Å². The minimum atomic E-state index is -0.0284. The molecule has 2 aromatic carbocycles. The normalized spacial score (nSPS) is 12.0. The lowest BCUT2D eigenvalue weighted by Crippen LogP contribution is -2.07. The van der Waals surface area contributed by atoms with Crippen LogP contribution in [0.1, 0.15) is 24.1 Å². The molecule has 0 aliphatic carbocycles. The van der Waals surface area contributed by atoms with Crippen molar-refractivity contribution in [2.75, 3.05) is 12.4 Å². The van der Waals surface area contributed by atoms with Crippen molar-refractivity contribution in [3.05, 3.63) is 52.5 Å². The Hall–Kier alpha value is -1.87. The monoisotopic (exact) mass is 291 g/mol. The number of phenols is 1. The summed E-state index contributed by atoms with van der Waals surface area (Å²) in [6, 6.07) is 11.1. The molecule has 2 aromatic rings. The molecule has 0 bridgehead atoms. The van der Waals surface area contributed by atoms with Crippen LogP contribution in [-0.4, -0.2) is 12.2 Å². The van der Waals surface area contributed by atoms with Crippen LogP contribution in [0.25, 0.3) is 0 Å². The summed E-state index contributed by atoms with van der Waals surface area (Å²) in [4.78, 5) is 0. The van der Waals surface area contributed by atoms with E-state index in [2.05, 4.69) is 5.32 Å². The van der Waals surface area contributed by atoms with Crippen molar-refractivity contribution in [1.82, 2.24) is 0 Å². The smallest absolute Gasteiger partial charge is 0.137 e. The fraction of sp³-hybridized carbons (Fsp3) is 0.250. The minimum Gasteiger partial charge on any atom is -0.508 e. The van der Waals surface area contributed by atoms with Crippen LogP contribution in [0.4, 0.5) is 5.69 Å². The Kier molecular flexibility index (Phi) is 4.40. The summed E-state index contributed by atoms with van der Waals surface area (Å²) in [5.41, 5.74) is 2.85. The highest BCUT2D eigenvalue weighted by Crippen LogP contribution is 2.31. The molecule has 0 aliphatic rings. The molecule has 106 valence electrons. The summed E-state index contributed by atoms with van der Waals surface area (Å²) in [6.45, 7) is 3.99. The van der Waals surface area contributed by atoms with Gasteiger partial charge in [-0.15, -0.1) is 0 Å². The number of rotatable bonds is 4. The summed E-state index contributed by atoms with van der Waals surface area (Å²) < 4.78 is 5.12. The zero-order valence-electron chi connectivity index (χ0n) is 11.8. The van der Waals surface area contributed by atoms with E-state index in [1.165, 1.54) is 0 Å². The Bertz CT molecular complexity index is 613. The molecule has 3 nitrogen and oxygen atoms in total. The summed E-state index contributed by atoms with van der Waals surface area (Å²) in [7, 11) is 1.59. The summed E-state index contributed by atoms with van der Waals surface area (Å²) in [5, 5.41) is 13.8. The highest BCUT2D eigenvalue weighted by Gasteiger charge is 2.11. The number of methoxy groups -OCH3 is 1. The number of aryl methyl sites for hydroxylation is 1.